The lowest BCUT2D eigenvalue weighted by Gasteiger charge is -2.30. The number of hydrogen-bond donors (Lipinski definition) is 3. The molecule has 0 amide bonds. The van der Waals surface area contributed by atoms with Crippen LogP contribution in [0.1, 0.15) is 46.5 Å². The molecule has 0 spiro atoms. The van der Waals surface area contributed by atoms with E-state index in [1.165, 1.54) is 6.26 Å². The smallest absolute Gasteiger partial charge is 0.211 e. The number of piperidine rings is 1. The summed E-state index contributed by atoms with van der Waals surface area (Å²) < 4.78 is 24.7. The highest BCUT2D eigenvalue weighted by Gasteiger charge is 2.24. The van der Waals surface area contributed by atoms with E-state index in [2.05, 4.69) is 24.5 Å². The number of nitrogens with one attached hydrogen (secondary N) is 2. The topological polar surface area (TPSA) is 94.0 Å². The van der Waals surface area contributed by atoms with Crippen LogP contribution in [0.2, 0.25) is 0 Å². The van der Waals surface area contributed by atoms with E-state index in [0.717, 1.165) is 44.7 Å². The molecule has 1 aliphatic rings. The first-order chi connectivity index (χ1) is 12.3. The molecule has 7 nitrogen and oxygen atoms in total. The molecule has 1 heterocycles. The number of aliphatic hydroxyl groups is 1. The normalized spacial score (nSPS) is 18.2. The second kappa shape index (κ2) is 13.9. The Morgan fingerprint density at radius 2 is 1.89 bits per heavy atom. The Hall–Kier alpha value is -0.130. The molecule has 1 saturated heterocycles. The molecule has 0 bridgehead atoms. The van der Waals surface area contributed by atoms with Crippen molar-refractivity contribution >= 4 is 40.0 Å². The van der Waals surface area contributed by atoms with Crippen molar-refractivity contribution < 1.29 is 13.5 Å². The molecular weight excluding hydrogens is 479 g/mol. The second-order valence-electron chi connectivity index (χ2n) is 7.71. The van der Waals surface area contributed by atoms with Crippen molar-refractivity contribution in [3.63, 3.8) is 0 Å². The number of hydrogen-bond acceptors (Lipinski definition) is 4. The summed E-state index contributed by atoms with van der Waals surface area (Å²) in [7, 11) is -3.07. The van der Waals surface area contributed by atoms with Crippen molar-refractivity contribution in [2.24, 2.45) is 22.7 Å². The standard InChI is InChI=1S/C18H38N4O3S.HI/c1-5-19-18(21-14-17(8-11-23)12-15(2)3)20-13-16-6-9-22(10-7-16)26(4,24)25;/h15-17,23H,5-14H2,1-4H3,(H2,19,20,21);1H. The van der Waals surface area contributed by atoms with Gasteiger partial charge < -0.3 is 15.7 Å². The fourth-order valence-electron chi connectivity index (χ4n) is 3.38. The molecule has 27 heavy (non-hydrogen) atoms. The minimum atomic E-state index is -3.07. The third-order valence-electron chi connectivity index (χ3n) is 4.79. The highest BCUT2D eigenvalue weighted by Crippen LogP contribution is 2.18. The largest absolute Gasteiger partial charge is 0.396 e. The zero-order valence-corrected chi connectivity index (χ0v) is 20.4. The lowest BCUT2D eigenvalue weighted by atomic mass is 9.94. The minimum absolute atomic E-state index is 0. The first kappa shape index (κ1) is 26.9. The van der Waals surface area contributed by atoms with Crippen LogP contribution < -0.4 is 10.6 Å². The van der Waals surface area contributed by atoms with Gasteiger partial charge in [-0.15, -0.1) is 24.0 Å². The summed E-state index contributed by atoms with van der Waals surface area (Å²) in [5, 5.41) is 15.9. The third-order valence-corrected chi connectivity index (χ3v) is 6.10. The summed E-state index contributed by atoms with van der Waals surface area (Å²) >= 11 is 0. The zero-order valence-electron chi connectivity index (χ0n) is 17.3. The number of sulfonamides is 1. The average molecular weight is 519 g/mol. The first-order valence-corrected chi connectivity index (χ1v) is 11.7. The van der Waals surface area contributed by atoms with Gasteiger partial charge in [0.1, 0.15) is 0 Å². The molecule has 9 heteroatoms. The SMILES string of the molecule is CCNC(=NCC(CCO)CC(C)C)NCC1CCN(S(C)(=O)=O)CC1.I. The van der Waals surface area contributed by atoms with E-state index < -0.39 is 10.0 Å². The molecule has 0 aromatic rings. The predicted octanol–water partition coefficient (Wildman–Crippen LogP) is 1.88. The summed E-state index contributed by atoms with van der Waals surface area (Å²) in [6.45, 7) is 10.2. The number of guanidine groups is 1. The van der Waals surface area contributed by atoms with Crippen molar-refractivity contribution in [1.29, 1.82) is 0 Å². The van der Waals surface area contributed by atoms with E-state index >= 15 is 0 Å². The highest BCUT2D eigenvalue weighted by atomic mass is 127. The van der Waals surface area contributed by atoms with Crippen LogP contribution in [0.4, 0.5) is 0 Å². The van der Waals surface area contributed by atoms with Gasteiger partial charge in [0.25, 0.3) is 0 Å². The van der Waals surface area contributed by atoms with E-state index in [-0.39, 0.29) is 30.6 Å². The van der Waals surface area contributed by atoms with Gasteiger partial charge in [-0.05, 0) is 50.4 Å². The fraction of sp³-hybridized carbons (Fsp3) is 0.944. The van der Waals surface area contributed by atoms with Gasteiger partial charge >= 0.3 is 0 Å². The Morgan fingerprint density at radius 1 is 1.26 bits per heavy atom. The summed E-state index contributed by atoms with van der Waals surface area (Å²) in [5.41, 5.74) is 0. The Morgan fingerprint density at radius 3 is 2.37 bits per heavy atom. The third kappa shape index (κ3) is 11.5. The van der Waals surface area contributed by atoms with Gasteiger partial charge in [0, 0.05) is 39.3 Å². The average Bonchev–Trinajstić information content (AvgIpc) is 2.56. The van der Waals surface area contributed by atoms with E-state index in [9.17, 15) is 13.5 Å². The van der Waals surface area contributed by atoms with Gasteiger partial charge in [-0.1, -0.05) is 13.8 Å². The quantitative estimate of drug-likeness (QED) is 0.233. The lowest BCUT2D eigenvalue weighted by Crippen LogP contribution is -2.44. The Kier molecular flexibility index (Phi) is 13.9. The van der Waals surface area contributed by atoms with Crippen LogP contribution in [-0.2, 0) is 10.0 Å². The lowest BCUT2D eigenvalue weighted by molar-refractivity contribution is 0.245. The maximum absolute atomic E-state index is 11.6. The first-order valence-electron chi connectivity index (χ1n) is 9.84. The van der Waals surface area contributed by atoms with Gasteiger partial charge in [-0.25, -0.2) is 12.7 Å². The van der Waals surface area contributed by atoms with E-state index in [0.29, 0.717) is 37.4 Å². The number of rotatable bonds is 10. The van der Waals surface area contributed by atoms with Crippen LogP contribution in [0.25, 0.3) is 0 Å². The Labute approximate surface area is 182 Å². The zero-order chi connectivity index (χ0) is 19.6. The molecule has 1 unspecified atom stereocenters. The molecule has 0 aromatic carbocycles. The Bertz CT molecular complexity index is 521. The number of aliphatic hydroxyl groups excluding tert-OH is 1. The number of aliphatic imine (C=N–C) groups is 1. The van der Waals surface area contributed by atoms with Gasteiger partial charge in [0.05, 0.1) is 6.26 Å². The molecule has 0 radical (unpaired) electrons. The van der Waals surface area contributed by atoms with E-state index in [1.54, 1.807) is 4.31 Å². The number of nitrogens with zero attached hydrogens (tertiary/aromatic N) is 2. The molecule has 1 rings (SSSR count). The molecule has 0 saturated carbocycles. The summed E-state index contributed by atoms with van der Waals surface area (Å²) in [5.74, 6) is 2.26. The van der Waals surface area contributed by atoms with Gasteiger partial charge in [0.15, 0.2) is 5.96 Å². The Balaban J connectivity index is 0.00000676. The summed E-state index contributed by atoms with van der Waals surface area (Å²) in [6.07, 6.45) is 4.87. The summed E-state index contributed by atoms with van der Waals surface area (Å²) in [4.78, 5) is 4.70. The van der Waals surface area contributed by atoms with Crippen LogP contribution in [0.15, 0.2) is 4.99 Å². The van der Waals surface area contributed by atoms with Crippen LogP contribution in [0, 0.1) is 17.8 Å². The molecule has 162 valence electrons. The molecule has 3 N–H and O–H groups in total. The van der Waals surface area contributed by atoms with E-state index in [1.807, 2.05) is 6.92 Å². The predicted molar refractivity (Wildman–Crippen MR) is 123 cm³/mol. The monoisotopic (exact) mass is 518 g/mol. The van der Waals surface area contributed by atoms with Gasteiger partial charge in [-0.3, -0.25) is 4.99 Å². The maximum Gasteiger partial charge on any atom is 0.211 e. The van der Waals surface area contributed by atoms with E-state index in [4.69, 9.17) is 4.99 Å². The maximum atomic E-state index is 11.6. The van der Waals surface area contributed by atoms with Crippen LogP contribution in [-0.4, -0.2) is 69.4 Å². The fourth-order valence-corrected chi connectivity index (χ4v) is 4.26. The van der Waals surface area contributed by atoms with Crippen molar-refractivity contribution in [2.45, 2.75) is 46.5 Å². The van der Waals surface area contributed by atoms with Crippen LogP contribution >= 0.6 is 24.0 Å². The van der Waals surface area contributed by atoms with Crippen molar-refractivity contribution in [1.82, 2.24) is 14.9 Å². The number of halogens is 1. The molecule has 1 aliphatic heterocycles. The molecule has 1 atom stereocenters. The van der Waals surface area contributed by atoms with Crippen molar-refractivity contribution in [3.05, 3.63) is 0 Å². The van der Waals surface area contributed by atoms with Crippen molar-refractivity contribution in [2.75, 3.05) is 45.6 Å². The van der Waals surface area contributed by atoms with Crippen molar-refractivity contribution in [3.8, 4) is 0 Å². The van der Waals surface area contributed by atoms with Gasteiger partial charge in [-0.2, -0.15) is 0 Å². The van der Waals surface area contributed by atoms with Crippen LogP contribution in [0.3, 0.4) is 0 Å². The molecule has 1 fully saturated rings. The van der Waals surface area contributed by atoms with Gasteiger partial charge in [0.2, 0.25) is 10.0 Å². The molecular formula is C18H39IN4O3S. The summed E-state index contributed by atoms with van der Waals surface area (Å²) in [6, 6.07) is 0. The second-order valence-corrected chi connectivity index (χ2v) is 9.70. The molecule has 0 aromatic heterocycles. The minimum Gasteiger partial charge on any atom is -0.396 e. The highest BCUT2D eigenvalue weighted by molar-refractivity contribution is 14.0. The van der Waals surface area contributed by atoms with Crippen LogP contribution in [0.5, 0.6) is 0 Å². The molecule has 0 aliphatic carbocycles.